The SMILES string of the molecule is Cc1cc(C)cc(-c2cc3c4c(cccc4n2)-c2ccc(C)cc2C3=O)c1. The number of rotatable bonds is 1. The molecule has 2 nitrogen and oxygen atoms in total. The van der Waals surface area contributed by atoms with Crippen LogP contribution in [0.15, 0.2) is 60.7 Å². The summed E-state index contributed by atoms with van der Waals surface area (Å²) in [6.45, 7) is 6.20. The molecule has 0 saturated carbocycles. The second kappa shape index (κ2) is 5.62. The van der Waals surface area contributed by atoms with Gasteiger partial charge in [0.15, 0.2) is 5.78 Å². The van der Waals surface area contributed by atoms with Gasteiger partial charge in [-0.1, -0.05) is 47.0 Å². The Hall–Kier alpha value is -3.26. The van der Waals surface area contributed by atoms with Crippen LogP contribution in [0.3, 0.4) is 0 Å². The van der Waals surface area contributed by atoms with E-state index in [9.17, 15) is 4.79 Å². The fourth-order valence-corrected chi connectivity index (χ4v) is 4.19. The smallest absolute Gasteiger partial charge is 0.194 e. The van der Waals surface area contributed by atoms with Crippen LogP contribution in [0.5, 0.6) is 0 Å². The normalized spacial score (nSPS) is 12.3. The second-order valence-electron chi connectivity index (χ2n) is 7.51. The maximum absolute atomic E-state index is 13.3. The van der Waals surface area contributed by atoms with E-state index in [2.05, 4.69) is 50.2 Å². The molecule has 0 saturated heterocycles. The predicted octanol–water partition coefficient (Wildman–Crippen LogP) is 6.04. The van der Waals surface area contributed by atoms with Crippen molar-refractivity contribution in [2.45, 2.75) is 20.8 Å². The minimum Gasteiger partial charge on any atom is -0.289 e. The number of fused-ring (bicyclic) bond motifs is 2. The van der Waals surface area contributed by atoms with Crippen molar-refractivity contribution in [3.8, 4) is 22.4 Å². The zero-order chi connectivity index (χ0) is 18.7. The molecule has 0 bridgehead atoms. The molecule has 0 atom stereocenters. The van der Waals surface area contributed by atoms with Gasteiger partial charge in [0.1, 0.15) is 0 Å². The molecule has 0 spiro atoms. The lowest BCUT2D eigenvalue weighted by molar-refractivity contribution is 0.104. The lowest BCUT2D eigenvalue weighted by Gasteiger charge is -2.21. The Balaban J connectivity index is 1.85. The zero-order valence-corrected chi connectivity index (χ0v) is 15.6. The Morgan fingerprint density at radius 1 is 0.667 bits per heavy atom. The van der Waals surface area contributed by atoms with E-state index in [0.29, 0.717) is 0 Å². The summed E-state index contributed by atoms with van der Waals surface area (Å²) in [6.07, 6.45) is 0. The summed E-state index contributed by atoms with van der Waals surface area (Å²) in [5, 5.41) is 0.965. The van der Waals surface area contributed by atoms with Gasteiger partial charge in [-0.25, -0.2) is 4.98 Å². The van der Waals surface area contributed by atoms with Gasteiger partial charge in [0.2, 0.25) is 0 Å². The number of aromatic nitrogens is 1. The summed E-state index contributed by atoms with van der Waals surface area (Å²) in [7, 11) is 0. The van der Waals surface area contributed by atoms with E-state index in [-0.39, 0.29) is 5.78 Å². The molecule has 0 aliphatic heterocycles. The van der Waals surface area contributed by atoms with E-state index >= 15 is 0 Å². The third-order valence-corrected chi connectivity index (χ3v) is 5.31. The summed E-state index contributed by atoms with van der Waals surface area (Å²) in [4.78, 5) is 18.2. The van der Waals surface area contributed by atoms with Crippen LogP contribution in [-0.4, -0.2) is 10.8 Å². The third-order valence-electron chi connectivity index (χ3n) is 5.31. The van der Waals surface area contributed by atoms with Gasteiger partial charge in [0, 0.05) is 22.1 Å². The van der Waals surface area contributed by atoms with E-state index in [1.54, 1.807) is 0 Å². The second-order valence-corrected chi connectivity index (χ2v) is 7.51. The predicted molar refractivity (Wildman–Crippen MR) is 110 cm³/mol. The molecule has 0 radical (unpaired) electrons. The first-order valence-corrected chi connectivity index (χ1v) is 9.19. The number of hydrogen-bond acceptors (Lipinski definition) is 2. The Kier molecular flexibility index (Phi) is 3.32. The van der Waals surface area contributed by atoms with Crippen LogP contribution in [-0.2, 0) is 0 Å². The largest absolute Gasteiger partial charge is 0.289 e. The molecule has 1 aliphatic rings. The highest BCUT2D eigenvalue weighted by Gasteiger charge is 2.26. The molecule has 1 aliphatic carbocycles. The van der Waals surface area contributed by atoms with Crippen LogP contribution >= 0.6 is 0 Å². The van der Waals surface area contributed by atoms with Gasteiger partial charge >= 0.3 is 0 Å². The van der Waals surface area contributed by atoms with Gasteiger partial charge < -0.3 is 0 Å². The molecule has 1 heterocycles. The van der Waals surface area contributed by atoms with Crippen molar-refractivity contribution < 1.29 is 4.79 Å². The average molecular weight is 349 g/mol. The quantitative estimate of drug-likeness (QED) is 0.369. The van der Waals surface area contributed by atoms with Crippen LogP contribution in [0, 0.1) is 20.8 Å². The number of nitrogens with zero attached hydrogens (tertiary/aromatic N) is 1. The molecule has 1 aromatic heterocycles. The summed E-state index contributed by atoms with van der Waals surface area (Å²) < 4.78 is 0. The maximum Gasteiger partial charge on any atom is 0.194 e. The van der Waals surface area contributed by atoms with E-state index in [1.807, 2.05) is 31.2 Å². The molecular weight excluding hydrogens is 330 g/mol. The summed E-state index contributed by atoms with van der Waals surface area (Å²) in [5.41, 5.74) is 9.91. The molecule has 3 aromatic carbocycles. The van der Waals surface area contributed by atoms with Crippen LogP contribution in [0.4, 0.5) is 0 Å². The number of hydrogen-bond donors (Lipinski definition) is 0. The van der Waals surface area contributed by atoms with Crippen LogP contribution in [0.1, 0.15) is 32.6 Å². The minimum absolute atomic E-state index is 0.0884. The van der Waals surface area contributed by atoms with Gasteiger partial charge in [0.05, 0.1) is 11.2 Å². The third kappa shape index (κ3) is 2.41. The average Bonchev–Trinajstić information content (AvgIpc) is 2.64. The topological polar surface area (TPSA) is 30.0 Å². The van der Waals surface area contributed by atoms with E-state index < -0.39 is 0 Å². The molecule has 0 amide bonds. The van der Waals surface area contributed by atoms with Crippen LogP contribution in [0.25, 0.3) is 33.3 Å². The molecule has 130 valence electrons. The van der Waals surface area contributed by atoms with E-state index in [0.717, 1.165) is 50.0 Å². The number of carbonyl (C=O) groups is 1. The molecule has 2 heteroatoms. The first-order valence-electron chi connectivity index (χ1n) is 9.19. The van der Waals surface area contributed by atoms with Gasteiger partial charge in [-0.15, -0.1) is 0 Å². The molecule has 0 N–H and O–H groups in total. The molecule has 5 rings (SSSR count). The Morgan fingerprint density at radius 2 is 1.44 bits per heavy atom. The first kappa shape index (κ1) is 16.0. The van der Waals surface area contributed by atoms with Gasteiger partial charge in [-0.2, -0.15) is 0 Å². The summed E-state index contributed by atoms with van der Waals surface area (Å²) >= 11 is 0. The monoisotopic (exact) mass is 349 g/mol. The van der Waals surface area contributed by atoms with Crippen molar-refractivity contribution in [2.75, 3.05) is 0 Å². The van der Waals surface area contributed by atoms with Gasteiger partial charge in [-0.3, -0.25) is 4.79 Å². The van der Waals surface area contributed by atoms with Gasteiger partial charge in [-0.05, 0) is 62.2 Å². The van der Waals surface area contributed by atoms with Gasteiger partial charge in [0.25, 0.3) is 0 Å². The number of ketones is 1. The van der Waals surface area contributed by atoms with Crippen LogP contribution in [0.2, 0.25) is 0 Å². The van der Waals surface area contributed by atoms with Crippen molar-refractivity contribution in [3.05, 3.63) is 88.5 Å². The van der Waals surface area contributed by atoms with Crippen molar-refractivity contribution in [3.63, 3.8) is 0 Å². The van der Waals surface area contributed by atoms with Crippen molar-refractivity contribution in [1.82, 2.24) is 4.98 Å². The van der Waals surface area contributed by atoms with Crippen molar-refractivity contribution >= 4 is 16.7 Å². The van der Waals surface area contributed by atoms with Crippen LogP contribution < -0.4 is 0 Å². The van der Waals surface area contributed by atoms with Crippen molar-refractivity contribution in [1.29, 1.82) is 0 Å². The Bertz CT molecular complexity index is 1250. The van der Waals surface area contributed by atoms with E-state index in [1.165, 1.54) is 11.1 Å². The fourth-order valence-electron chi connectivity index (χ4n) is 4.19. The number of aryl methyl sites for hydroxylation is 3. The highest BCUT2D eigenvalue weighted by Crippen LogP contribution is 2.40. The molecular formula is C25H19NO. The lowest BCUT2D eigenvalue weighted by atomic mass is 9.83. The number of carbonyl (C=O) groups excluding carboxylic acids is 1. The fraction of sp³-hybridized carbons (Fsp3) is 0.120. The number of pyridine rings is 1. The first-order chi connectivity index (χ1) is 13.0. The molecule has 0 unspecified atom stereocenters. The highest BCUT2D eigenvalue weighted by atomic mass is 16.1. The van der Waals surface area contributed by atoms with Crippen molar-refractivity contribution in [2.24, 2.45) is 0 Å². The zero-order valence-electron chi connectivity index (χ0n) is 15.6. The molecule has 4 aromatic rings. The summed E-state index contributed by atoms with van der Waals surface area (Å²) in [5.74, 6) is 0.0884. The Morgan fingerprint density at radius 3 is 2.22 bits per heavy atom. The molecule has 27 heavy (non-hydrogen) atoms. The summed E-state index contributed by atoms with van der Waals surface area (Å²) in [6, 6.07) is 20.6. The standard InChI is InChI=1S/C25H19NO/c1-14-7-8-18-19-5-4-6-22-24(19)21(25(27)20(18)12-14)13-23(26-22)17-10-15(2)9-16(3)11-17/h4-13H,1-3H3. The highest BCUT2D eigenvalue weighted by molar-refractivity contribution is 6.25. The molecule has 0 fully saturated rings. The number of benzene rings is 3. The maximum atomic E-state index is 13.3. The Labute approximate surface area is 158 Å². The lowest BCUT2D eigenvalue weighted by Crippen LogP contribution is -2.11. The van der Waals surface area contributed by atoms with E-state index in [4.69, 9.17) is 4.98 Å². The minimum atomic E-state index is 0.0884.